The molecule has 0 aliphatic carbocycles. The Kier molecular flexibility index (Phi) is 7.07. The predicted molar refractivity (Wildman–Crippen MR) is 88.9 cm³/mol. The number of anilines is 1. The number of aromatic nitrogens is 1. The molecule has 1 atom stereocenters. The second-order valence-corrected chi connectivity index (χ2v) is 6.40. The molecule has 0 aliphatic heterocycles. The van der Waals surface area contributed by atoms with E-state index >= 15 is 0 Å². The van der Waals surface area contributed by atoms with Crippen molar-refractivity contribution < 1.29 is 9.53 Å². The SMILES string of the molecule is COCC(N)C(=O)Nc1nc(-c2cc(Br)cs2)cs1.Cl. The molecule has 2 rings (SSSR count). The normalized spacial score (nSPS) is 11.8. The van der Waals surface area contributed by atoms with Crippen LogP contribution in [0.2, 0.25) is 0 Å². The first-order valence-electron chi connectivity index (χ1n) is 5.35. The summed E-state index contributed by atoms with van der Waals surface area (Å²) in [5.74, 6) is -0.296. The lowest BCUT2D eigenvalue weighted by molar-refractivity contribution is -0.118. The van der Waals surface area contributed by atoms with Crippen LogP contribution >= 0.6 is 51.0 Å². The van der Waals surface area contributed by atoms with E-state index in [1.54, 1.807) is 11.3 Å². The van der Waals surface area contributed by atoms with Gasteiger partial charge >= 0.3 is 0 Å². The molecule has 1 amide bonds. The summed E-state index contributed by atoms with van der Waals surface area (Å²) in [6.07, 6.45) is 0. The van der Waals surface area contributed by atoms with Crippen molar-refractivity contribution in [3.05, 3.63) is 21.3 Å². The van der Waals surface area contributed by atoms with E-state index in [2.05, 4.69) is 26.2 Å². The Labute approximate surface area is 139 Å². The first kappa shape index (κ1) is 17.5. The fourth-order valence-corrected chi connectivity index (χ4v) is 3.52. The number of amides is 1. The van der Waals surface area contributed by atoms with E-state index < -0.39 is 6.04 Å². The number of hydrogen-bond donors (Lipinski definition) is 2. The van der Waals surface area contributed by atoms with Crippen molar-refractivity contribution >= 4 is 62.0 Å². The van der Waals surface area contributed by atoms with Crippen LogP contribution in [-0.2, 0) is 9.53 Å². The van der Waals surface area contributed by atoms with Gasteiger partial charge in [0.25, 0.3) is 0 Å². The van der Waals surface area contributed by atoms with E-state index in [-0.39, 0.29) is 24.9 Å². The summed E-state index contributed by atoms with van der Waals surface area (Å²) in [6, 6.07) is 1.30. The van der Waals surface area contributed by atoms with Crippen LogP contribution < -0.4 is 11.1 Å². The van der Waals surface area contributed by atoms with Gasteiger partial charge in [0.05, 0.1) is 17.2 Å². The van der Waals surface area contributed by atoms with Gasteiger partial charge in [0.1, 0.15) is 6.04 Å². The summed E-state index contributed by atoms with van der Waals surface area (Å²) in [5.41, 5.74) is 6.48. The van der Waals surface area contributed by atoms with Crippen LogP contribution in [-0.4, -0.2) is 30.6 Å². The number of nitrogens with one attached hydrogen (secondary N) is 1. The summed E-state index contributed by atoms with van der Waals surface area (Å²) < 4.78 is 5.85. The van der Waals surface area contributed by atoms with E-state index in [0.29, 0.717) is 5.13 Å². The molecule has 2 aromatic heterocycles. The van der Waals surface area contributed by atoms with Gasteiger partial charge in [0, 0.05) is 22.3 Å². The predicted octanol–water partition coefficient (Wildman–Crippen LogP) is 2.97. The zero-order chi connectivity index (χ0) is 13.8. The van der Waals surface area contributed by atoms with Gasteiger partial charge in [0.2, 0.25) is 5.91 Å². The zero-order valence-corrected chi connectivity index (χ0v) is 14.5. The molecule has 0 aromatic carbocycles. The van der Waals surface area contributed by atoms with E-state index in [4.69, 9.17) is 10.5 Å². The highest BCUT2D eigenvalue weighted by molar-refractivity contribution is 9.10. The van der Waals surface area contributed by atoms with Crippen LogP contribution in [0.15, 0.2) is 21.3 Å². The van der Waals surface area contributed by atoms with Crippen molar-refractivity contribution in [2.75, 3.05) is 19.0 Å². The molecule has 1 unspecified atom stereocenters. The molecule has 0 spiro atoms. The maximum atomic E-state index is 11.7. The second-order valence-electron chi connectivity index (χ2n) is 3.72. The fourth-order valence-electron chi connectivity index (χ4n) is 1.35. The highest BCUT2D eigenvalue weighted by Gasteiger charge is 2.15. The minimum Gasteiger partial charge on any atom is -0.383 e. The standard InChI is InChI=1S/C11H12BrN3O2S2.ClH/c1-17-3-7(13)10(16)15-11-14-8(5-19-11)9-2-6(12)4-18-9;/h2,4-5,7H,3,13H2,1H3,(H,14,15,16);1H. The number of hydrogen-bond acceptors (Lipinski definition) is 6. The number of nitrogens with zero attached hydrogens (tertiary/aromatic N) is 1. The Morgan fingerprint density at radius 2 is 2.30 bits per heavy atom. The molecule has 0 saturated carbocycles. The van der Waals surface area contributed by atoms with Crippen molar-refractivity contribution in [2.45, 2.75) is 6.04 Å². The lowest BCUT2D eigenvalue weighted by atomic mass is 10.3. The topological polar surface area (TPSA) is 77.2 Å². The first-order chi connectivity index (χ1) is 9.10. The highest BCUT2D eigenvalue weighted by atomic mass is 79.9. The molecule has 0 radical (unpaired) electrons. The van der Waals surface area contributed by atoms with Crippen molar-refractivity contribution in [3.8, 4) is 10.6 Å². The van der Waals surface area contributed by atoms with E-state index in [9.17, 15) is 4.79 Å². The molecule has 0 bridgehead atoms. The summed E-state index contributed by atoms with van der Waals surface area (Å²) in [4.78, 5) is 17.1. The Balaban J connectivity index is 0.00000200. The molecule has 3 N–H and O–H groups in total. The van der Waals surface area contributed by atoms with Gasteiger partial charge in [-0.1, -0.05) is 0 Å². The van der Waals surface area contributed by atoms with Crippen LogP contribution in [0.3, 0.4) is 0 Å². The summed E-state index contributed by atoms with van der Waals surface area (Å²) in [5, 5.41) is 7.10. The second kappa shape index (κ2) is 8.06. The number of thiophene rings is 1. The Morgan fingerprint density at radius 1 is 1.55 bits per heavy atom. The molecule has 0 fully saturated rings. The average molecular weight is 399 g/mol. The monoisotopic (exact) mass is 397 g/mol. The highest BCUT2D eigenvalue weighted by Crippen LogP contribution is 2.31. The molecule has 110 valence electrons. The summed E-state index contributed by atoms with van der Waals surface area (Å²) in [7, 11) is 1.50. The van der Waals surface area contributed by atoms with Crippen molar-refractivity contribution in [2.24, 2.45) is 5.73 Å². The number of thiazole rings is 1. The molecule has 20 heavy (non-hydrogen) atoms. The Morgan fingerprint density at radius 3 is 2.90 bits per heavy atom. The Hall–Kier alpha value is -0.510. The van der Waals surface area contributed by atoms with Gasteiger partial charge in [-0.2, -0.15) is 0 Å². The molecular weight excluding hydrogens is 386 g/mol. The molecular formula is C11H13BrClN3O2S2. The first-order valence-corrected chi connectivity index (χ1v) is 7.90. The third-order valence-corrected chi connectivity index (χ3v) is 4.71. The summed E-state index contributed by atoms with van der Waals surface area (Å²) >= 11 is 6.36. The fraction of sp³-hybridized carbons (Fsp3) is 0.273. The van der Waals surface area contributed by atoms with Gasteiger partial charge in [-0.05, 0) is 22.0 Å². The lowest BCUT2D eigenvalue weighted by Gasteiger charge is -2.08. The zero-order valence-electron chi connectivity index (χ0n) is 10.5. The van der Waals surface area contributed by atoms with Gasteiger partial charge in [-0.3, -0.25) is 4.79 Å². The van der Waals surface area contributed by atoms with E-state index in [1.807, 2.05) is 16.8 Å². The van der Waals surface area contributed by atoms with Gasteiger partial charge in [-0.25, -0.2) is 4.98 Å². The van der Waals surface area contributed by atoms with Gasteiger partial charge < -0.3 is 15.8 Å². The maximum Gasteiger partial charge on any atom is 0.245 e. The van der Waals surface area contributed by atoms with Crippen molar-refractivity contribution in [1.29, 1.82) is 0 Å². The number of rotatable bonds is 5. The van der Waals surface area contributed by atoms with Crippen LogP contribution in [0.5, 0.6) is 0 Å². The Bertz CT molecular complexity index is 576. The minimum absolute atomic E-state index is 0. The number of carbonyl (C=O) groups is 1. The van der Waals surface area contributed by atoms with Crippen LogP contribution in [0, 0.1) is 0 Å². The minimum atomic E-state index is -0.687. The van der Waals surface area contributed by atoms with Crippen LogP contribution in [0.25, 0.3) is 10.6 Å². The van der Waals surface area contributed by atoms with E-state index in [0.717, 1.165) is 15.0 Å². The number of carbonyl (C=O) groups excluding carboxylic acids is 1. The van der Waals surface area contributed by atoms with Crippen LogP contribution in [0.1, 0.15) is 0 Å². The van der Waals surface area contributed by atoms with Gasteiger partial charge in [0.15, 0.2) is 5.13 Å². The van der Waals surface area contributed by atoms with Crippen LogP contribution in [0.4, 0.5) is 5.13 Å². The van der Waals surface area contributed by atoms with E-state index in [1.165, 1.54) is 18.4 Å². The summed E-state index contributed by atoms with van der Waals surface area (Å²) in [6.45, 7) is 0.182. The third-order valence-electron chi connectivity index (χ3n) is 2.24. The molecule has 2 aromatic rings. The van der Waals surface area contributed by atoms with Crippen molar-refractivity contribution in [3.63, 3.8) is 0 Å². The molecule has 9 heteroatoms. The number of nitrogens with two attached hydrogens (primary N) is 1. The smallest absolute Gasteiger partial charge is 0.245 e. The van der Waals surface area contributed by atoms with Crippen molar-refractivity contribution in [1.82, 2.24) is 4.98 Å². The number of ether oxygens (including phenoxy) is 1. The maximum absolute atomic E-state index is 11.7. The molecule has 0 aliphatic rings. The lowest BCUT2D eigenvalue weighted by Crippen LogP contribution is -2.39. The van der Waals surface area contributed by atoms with Gasteiger partial charge in [-0.15, -0.1) is 35.1 Å². The number of halogens is 2. The third kappa shape index (κ3) is 4.51. The molecule has 5 nitrogen and oxygen atoms in total. The molecule has 0 saturated heterocycles. The number of methoxy groups -OCH3 is 1. The largest absolute Gasteiger partial charge is 0.383 e. The molecule has 2 heterocycles. The quantitative estimate of drug-likeness (QED) is 0.811. The average Bonchev–Trinajstić information content (AvgIpc) is 2.98.